The first kappa shape index (κ1) is 16.5. The van der Waals surface area contributed by atoms with Crippen molar-refractivity contribution in [2.45, 2.75) is 24.7 Å². The molecule has 1 aromatic heterocycles. The number of halogens is 2. The number of rotatable bonds is 5. The van der Waals surface area contributed by atoms with E-state index in [2.05, 4.69) is 5.32 Å². The lowest BCUT2D eigenvalue weighted by atomic mass is 10.00. The van der Waals surface area contributed by atoms with Crippen LogP contribution >= 0.6 is 34.5 Å². The zero-order chi connectivity index (χ0) is 14.8. The number of nitrogens with zero attached hydrogens (tertiary/aromatic N) is 1. The Kier molecular flexibility index (Phi) is 5.73. The van der Waals surface area contributed by atoms with Gasteiger partial charge in [-0.3, -0.25) is 0 Å². The van der Waals surface area contributed by atoms with Crippen molar-refractivity contribution in [2.75, 3.05) is 26.2 Å². The molecule has 0 amide bonds. The maximum absolute atomic E-state index is 12.6. The number of hydrogen-bond acceptors (Lipinski definition) is 4. The second-order valence-corrected chi connectivity index (χ2v) is 9.06. The quantitative estimate of drug-likeness (QED) is 0.881. The van der Waals surface area contributed by atoms with Gasteiger partial charge < -0.3 is 5.32 Å². The minimum absolute atomic E-state index is 0.137. The summed E-state index contributed by atoms with van der Waals surface area (Å²) in [5.41, 5.74) is 0. The molecular weight excluding hydrogens is 339 g/mol. The summed E-state index contributed by atoms with van der Waals surface area (Å²) >= 11 is 12.9. The van der Waals surface area contributed by atoms with Crippen molar-refractivity contribution in [1.29, 1.82) is 0 Å². The third-order valence-electron chi connectivity index (χ3n) is 3.41. The fourth-order valence-electron chi connectivity index (χ4n) is 2.40. The summed E-state index contributed by atoms with van der Waals surface area (Å²) in [6.07, 6.45) is 1.93. The van der Waals surface area contributed by atoms with Crippen molar-refractivity contribution < 1.29 is 8.42 Å². The summed E-state index contributed by atoms with van der Waals surface area (Å²) in [5, 5.41) is 3.28. The Morgan fingerprint density at radius 3 is 2.85 bits per heavy atom. The minimum Gasteiger partial charge on any atom is -0.317 e. The molecule has 1 atom stereocenters. The van der Waals surface area contributed by atoms with Gasteiger partial charge >= 0.3 is 0 Å². The Hall–Kier alpha value is 0.150. The van der Waals surface area contributed by atoms with Gasteiger partial charge in [-0.1, -0.05) is 30.1 Å². The van der Waals surface area contributed by atoms with E-state index in [0.717, 1.165) is 37.3 Å². The van der Waals surface area contributed by atoms with E-state index >= 15 is 0 Å². The molecule has 114 valence electrons. The lowest BCUT2D eigenvalue weighted by molar-refractivity contribution is 0.261. The Bertz CT molecular complexity index is 560. The normalized spacial score (nSPS) is 21.2. The van der Waals surface area contributed by atoms with Crippen molar-refractivity contribution in [3.05, 3.63) is 14.7 Å². The Balaban J connectivity index is 2.15. The summed E-state index contributed by atoms with van der Waals surface area (Å²) < 4.78 is 27.4. The Morgan fingerprint density at radius 1 is 1.50 bits per heavy atom. The maximum atomic E-state index is 12.6. The van der Waals surface area contributed by atoms with Gasteiger partial charge in [0.2, 0.25) is 10.0 Å². The van der Waals surface area contributed by atoms with Crippen molar-refractivity contribution in [3.63, 3.8) is 0 Å². The molecule has 0 radical (unpaired) electrons. The first-order valence-corrected chi connectivity index (χ1v) is 9.62. The second kappa shape index (κ2) is 6.94. The van der Waals surface area contributed by atoms with Crippen LogP contribution in [0.5, 0.6) is 0 Å². The molecule has 0 aromatic carbocycles. The molecule has 0 bridgehead atoms. The van der Waals surface area contributed by atoms with Crippen LogP contribution in [0.3, 0.4) is 0 Å². The first-order valence-electron chi connectivity index (χ1n) is 6.61. The monoisotopic (exact) mass is 356 g/mol. The predicted octanol–water partition coefficient (Wildman–Crippen LogP) is 3.07. The van der Waals surface area contributed by atoms with Crippen LogP contribution in [-0.2, 0) is 10.0 Å². The molecule has 8 heteroatoms. The standard InChI is InChI=1S/C12H18Cl2N2O2S2/c1-2-15-7-9-4-3-5-16(8-9)20(17,18)10-6-11(13)19-12(10)14/h6,9,15H,2-5,7-8H2,1H3. The molecule has 4 nitrogen and oxygen atoms in total. The third-order valence-corrected chi connectivity index (χ3v) is 7.03. The summed E-state index contributed by atoms with van der Waals surface area (Å²) in [6.45, 7) is 4.88. The molecule has 2 heterocycles. The third kappa shape index (κ3) is 3.67. The first-order chi connectivity index (χ1) is 9.45. The number of piperidine rings is 1. The van der Waals surface area contributed by atoms with Crippen LogP contribution in [0.25, 0.3) is 0 Å². The fraction of sp³-hybridized carbons (Fsp3) is 0.667. The van der Waals surface area contributed by atoms with Gasteiger partial charge in [-0.25, -0.2) is 8.42 Å². The second-order valence-electron chi connectivity index (χ2n) is 4.87. The highest BCUT2D eigenvalue weighted by molar-refractivity contribution is 7.89. The average molecular weight is 357 g/mol. The van der Waals surface area contributed by atoms with Crippen LogP contribution in [0.15, 0.2) is 11.0 Å². The van der Waals surface area contributed by atoms with Crippen molar-refractivity contribution in [3.8, 4) is 0 Å². The topological polar surface area (TPSA) is 49.4 Å². The molecule has 0 spiro atoms. The molecule has 0 aliphatic carbocycles. The Labute approximate surface area is 134 Å². The lowest BCUT2D eigenvalue weighted by Gasteiger charge is -2.31. The lowest BCUT2D eigenvalue weighted by Crippen LogP contribution is -2.42. The van der Waals surface area contributed by atoms with Crippen molar-refractivity contribution >= 4 is 44.6 Å². The Morgan fingerprint density at radius 2 is 2.25 bits per heavy atom. The van der Waals surface area contributed by atoms with Crippen LogP contribution in [-0.4, -0.2) is 38.9 Å². The van der Waals surface area contributed by atoms with Crippen LogP contribution in [0.4, 0.5) is 0 Å². The van der Waals surface area contributed by atoms with Gasteiger partial charge in [-0.15, -0.1) is 11.3 Å². The molecule has 1 aromatic rings. The van der Waals surface area contributed by atoms with Crippen molar-refractivity contribution in [1.82, 2.24) is 9.62 Å². The van der Waals surface area contributed by atoms with Crippen molar-refractivity contribution in [2.24, 2.45) is 5.92 Å². The van der Waals surface area contributed by atoms with Gasteiger partial charge in [0.15, 0.2) is 0 Å². The molecule has 1 aliphatic heterocycles. The molecule has 20 heavy (non-hydrogen) atoms. The number of nitrogens with one attached hydrogen (secondary N) is 1. The molecule has 1 saturated heterocycles. The van der Waals surface area contributed by atoms with Gasteiger partial charge in [0, 0.05) is 13.1 Å². The van der Waals surface area contributed by atoms with Crippen LogP contribution in [0.2, 0.25) is 8.67 Å². The SMILES string of the molecule is CCNCC1CCCN(S(=O)(=O)c2cc(Cl)sc2Cl)C1. The zero-order valence-corrected chi connectivity index (χ0v) is 14.4. The highest BCUT2D eigenvalue weighted by Gasteiger charge is 2.32. The summed E-state index contributed by atoms with van der Waals surface area (Å²) in [6, 6.07) is 1.44. The van der Waals surface area contributed by atoms with E-state index in [9.17, 15) is 8.42 Å². The largest absolute Gasteiger partial charge is 0.317 e. The molecule has 1 fully saturated rings. The molecule has 1 N–H and O–H groups in total. The van der Waals surface area contributed by atoms with Gasteiger partial charge in [-0.05, 0) is 37.9 Å². The average Bonchev–Trinajstić information content (AvgIpc) is 2.76. The van der Waals surface area contributed by atoms with Gasteiger partial charge in [0.1, 0.15) is 9.23 Å². The van der Waals surface area contributed by atoms with E-state index in [1.807, 2.05) is 6.92 Å². The predicted molar refractivity (Wildman–Crippen MR) is 84.4 cm³/mol. The van der Waals surface area contributed by atoms with E-state index in [1.165, 1.54) is 10.4 Å². The van der Waals surface area contributed by atoms with Crippen LogP contribution in [0, 0.1) is 5.92 Å². The molecule has 1 unspecified atom stereocenters. The van der Waals surface area contributed by atoms with Gasteiger partial charge in [0.05, 0.1) is 4.34 Å². The van der Waals surface area contributed by atoms with Crippen LogP contribution in [0.1, 0.15) is 19.8 Å². The molecule has 1 aliphatic rings. The van der Waals surface area contributed by atoms with E-state index < -0.39 is 10.0 Å². The fourth-order valence-corrected chi connectivity index (χ4v) is 6.07. The van der Waals surface area contributed by atoms with E-state index in [-0.39, 0.29) is 9.23 Å². The number of hydrogen-bond donors (Lipinski definition) is 1. The highest BCUT2D eigenvalue weighted by Crippen LogP contribution is 2.36. The van der Waals surface area contributed by atoms with E-state index in [0.29, 0.717) is 23.3 Å². The van der Waals surface area contributed by atoms with E-state index in [4.69, 9.17) is 23.2 Å². The summed E-state index contributed by atoms with van der Waals surface area (Å²) in [7, 11) is -3.53. The van der Waals surface area contributed by atoms with Crippen LogP contribution < -0.4 is 5.32 Å². The minimum atomic E-state index is -3.53. The van der Waals surface area contributed by atoms with Gasteiger partial charge in [-0.2, -0.15) is 4.31 Å². The molecule has 2 rings (SSSR count). The summed E-state index contributed by atoms with van der Waals surface area (Å²) in [4.78, 5) is 0.137. The summed E-state index contributed by atoms with van der Waals surface area (Å²) in [5.74, 6) is 0.353. The highest BCUT2D eigenvalue weighted by atomic mass is 35.5. The van der Waals surface area contributed by atoms with E-state index in [1.54, 1.807) is 0 Å². The number of thiophene rings is 1. The number of sulfonamides is 1. The molecule has 0 saturated carbocycles. The van der Waals surface area contributed by atoms with Gasteiger partial charge in [0.25, 0.3) is 0 Å². The molecular formula is C12H18Cl2N2O2S2. The zero-order valence-electron chi connectivity index (χ0n) is 11.2. The smallest absolute Gasteiger partial charge is 0.245 e. The maximum Gasteiger partial charge on any atom is 0.245 e.